The number of thioether (sulfide) groups is 1. The quantitative estimate of drug-likeness (QED) is 0.909. The molecule has 1 fully saturated rings. The molecule has 2 rings (SSSR count). The van der Waals surface area contributed by atoms with Crippen molar-refractivity contribution in [2.75, 3.05) is 12.3 Å². The standard InChI is InChI=1S/C14H18FNOS/c15-12-6-2-1-5-11(12)8-9-16-14(17)13-7-3-4-10-18-13/h1-2,5-6,13H,3-4,7-10H2,(H,16,17). The molecule has 0 radical (unpaired) electrons. The normalized spacial score (nSPS) is 19.5. The number of nitrogens with one attached hydrogen (secondary N) is 1. The van der Waals surface area contributed by atoms with E-state index in [1.807, 2.05) is 6.07 Å². The number of amides is 1. The highest BCUT2D eigenvalue weighted by atomic mass is 32.2. The maximum absolute atomic E-state index is 13.4. The topological polar surface area (TPSA) is 29.1 Å². The minimum atomic E-state index is -0.196. The molecule has 1 heterocycles. The summed E-state index contributed by atoms with van der Waals surface area (Å²) in [6.07, 6.45) is 3.87. The van der Waals surface area contributed by atoms with Crippen LogP contribution in [0.2, 0.25) is 0 Å². The lowest BCUT2D eigenvalue weighted by molar-refractivity contribution is -0.120. The fourth-order valence-electron chi connectivity index (χ4n) is 2.08. The van der Waals surface area contributed by atoms with E-state index < -0.39 is 0 Å². The van der Waals surface area contributed by atoms with Crippen molar-refractivity contribution in [3.63, 3.8) is 0 Å². The molecule has 1 aromatic rings. The zero-order valence-electron chi connectivity index (χ0n) is 10.3. The number of carbonyl (C=O) groups is 1. The van der Waals surface area contributed by atoms with Gasteiger partial charge in [0, 0.05) is 6.54 Å². The Hall–Kier alpha value is -1.03. The van der Waals surface area contributed by atoms with Crippen molar-refractivity contribution in [3.05, 3.63) is 35.6 Å². The molecule has 1 aliphatic heterocycles. The second kappa shape index (κ2) is 6.78. The second-order valence-corrected chi connectivity index (χ2v) is 5.80. The molecule has 1 aliphatic rings. The van der Waals surface area contributed by atoms with E-state index in [2.05, 4.69) is 5.32 Å². The van der Waals surface area contributed by atoms with Crippen LogP contribution in [0.4, 0.5) is 4.39 Å². The van der Waals surface area contributed by atoms with Crippen LogP contribution in [0.15, 0.2) is 24.3 Å². The maximum atomic E-state index is 13.4. The summed E-state index contributed by atoms with van der Waals surface area (Å²) in [6, 6.07) is 6.71. The van der Waals surface area contributed by atoms with Gasteiger partial charge in [0.2, 0.25) is 5.91 Å². The summed E-state index contributed by atoms with van der Waals surface area (Å²) in [6.45, 7) is 0.511. The van der Waals surface area contributed by atoms with Crippen molar-refractivity contribution in [1.82, 2.24) is 5.32 Å². The van der Waals surface area contributed by atoms with Gasteiger partial charge in [-0.15, -0.1) is 11.8 Å². The van der Waals surface area contributed by atoms with Gasteiger partial charge in [-0.25, -0.2) is 4.39 Å². The number of hydrogen-bond donors (Lipinski definition) is 1. The number of rotatable bonds is 4. The lowest BCUT2D eigenvalue weighted by atomic mass is 10.1. The van der Waals surface area contributed by atoms with Gasteiger partial charge in [-0.1, -0.05) is 24.6 Å². The van der Waals surface area contributed by atoms with Crippen LogP contribution in [0.5, 0.6) is 0 Å². The van der Waals surface area contributed by atoms with E-state index >= 15 is 0 Å². The third kappa shape index (κ3) is 3.73. The average Bonchev–Trinajstić information content (AvgIpc) is 2.42. The lowest BCUT2D eigenvalue weighted by Crippen LogP contribution is -2.35. The first-order chi connectivity index (χ1) is 8.77. The van der Waals surface area contributed by atoms with Gasteiger partial charge in [0.1, 0.15) is 5.82 Å². The molecule has 0 spiro atoms. The van der Waals surface area contributed by atoms with Crippen molar-refractivity contribution >= 4 is 17.7 Å². The highest BCUT2D eigenvalue weighted by molar-refractivity contribution is 8.00. The number of halogens is 1. The van der Waals surface area contributed by atoms with Gasteiger partial charge >= 0.3 is 0 Å². The minimum Gasteiger partial charge on any atom is -0.355 e. The highest BCUT2D eigenvalue weighted by Crippen LogP contribution is 2.24. The summed E-state index contributed by atoms with van der Waals surface area (Å²) < 4.78 is 13.4. The summed E-state index contributed by atoms with van der Waals surface area (Å²) in [5.41, 5.74) is 0.661. The van der Waals surface area contributed by atoms with E-state index in [9.17, 15) is 9.18 Å². The first-order valence-electron chi connectivity index (χ1n) is 6.40. The Morgan fingerprint density at radius 2 is 2.22 bits per heavy atom. The van der Waals surface area contributed by atoms with Crippen LogP contribution in [0, 0.1) is 5.82 Å². The minimum absolute atomic E-state index is 0.0966. The van der Waals surface area contributed by atoms with Crippen LogP contribution >= 0.6 is 11.8 Å². The SMILES string of the molecule is O=C(NCCc1ccccc1F)C1CCCCS1. The zero-order valence-corrected chi connectivity index (χ0v) is 11.1. The van der Waals surface area contributed by atoms with Gasteiger partial charge in [0.05, 0.1) is 5.25 Å². The Morgan fingerprint density at radius 3 is 2.94 bits per heavy atom. The van der Waals surface area contributed by atoms with Gasteiger partial charge in [-0.2, -0.15) is 0 Å². The molecule has 1 amide bonds. The smallest absolute Gasteiger partial charge is 0.233 e. The molecule has 1 aromatic carbocycles. The Kier molecular flexibility index (Phi) is 5.05. The monoisotopic (exact) mass is 267 g/mol. The van der Waals surface area contributed by atoms with Gasteiger partial charge in [0.25, 0.3) is 0 Å². The molecule has 1 unspecified atom stereocenters. The molecule has 1 atom stereocenters. The molecule has 0 saturated carbocycles. The predicted molar refractivity (Wildman–Crippen MR) is 73.2 cm³/mol. The molecule has 98 valence electrons. The average molecular weight is 267 g/mol. The van der Waals surface area contributed by atoms with Crippen molar-refractivity contribution in [3.8, 4) is 0 Å². The predicted octanol–water partition coefficient (Wildman–Crippen LogP) is 2.77. The van der Waals surface area contributed by atoms with Gasteiger partial charge in [-0.05, 0) is 36.6 Å². The number of carbonyl (C=O) groups excluding carboxylic acids is 1. The molecule has 0 bridgehead atoms. The first kappa shape index (κ1) is 13.4. The third-order valence-corrected chi connectivity index (χ3v) is 4.50. The summed E-state index contributed by atoms with van der Waals surface area (Å²) in [5, 5.41) is 3.00. The molecule has 18 heavy (non-hydrogen) atoms. The molecule has 1 N–H and O–H groups in total. The fraction of sp³-hybridized carbons (Fsp3) is 0.500. The third-order valence-electron chi connectivity index (χ3n) is 3.12. The van der Waals surface area contributed by atoms with Crippen molar-refractivity contribution in [2.45, 2.75) is 30.9 Å². The van der Waals surface area contributed by atoms with Crippen molar-refractivity contribution in [1.29, 1.82) is 0 Å². The van der Waals surface area contributed by atoms with Crippen molar-refractivity contribution in [2.24, 2.45) is 0 Å². The van der Waals surface area contributed by atoms with Gasteiger partial charge < -0.3 is 5.32 Å². The Balaban J connectivity index is 1.75. The van der Waals surface area contributed by atoms with E-state index in [1.54, 1.807) is 23.9 Å². The Bertz CT molecular complexity index is 405. The summed E-state index contributed by atoms with van der Waals surface area (Å²) in [5.74, 6) is 0.987. The second-order valence-electron chi connectivity index (χ2n) is 4.49. The maximum Gasteiger partial charge on any atom is 0.233 e. The molecular formula is C14H18FNOS. The summed E-state index contributed by atoms with van der Waals surface area (Å²) in [4.78, 5) is 11.8. The van der Waals surface area contributed by atoms with Crippen LogP contribution in [0.1, 0.15) is 24.8 Å². The van der Waals surface area contributed by atoms with E-state index in [0.29, 0.717) is 18.5 Å². The van der Waals surface area contributed by atoms with E-state index in [4.69, 9.17) is 0 Å². The van der Waals surface area contributed by atoms with Gasteiger partial charge in [-0.3, -0.25) is 4.79 Å². The zero-order chi connectivity index (χ0) is 12.8. The van der Waals surface area contributed by atoms with E-state index in [0.717, 1.165) is 18.6 Å². The lowest BCUT2D eigenvalue weighted by Gasteiger charge is -2.20. The van der Waals surface area contributed by atoms with Crippen LogP contribution < -0.4 is 5.32 Å². The molecular weight excluding hydrogens is 249 g/mol. The molecule has 0 aliphatic carbocycles. The van der Waals surface area contributed by atoms with E-state index in [-0.39, 0.29) is 17.0 Å². The fourth-order valence-corrected chi connectivity index (χ4v) is 3.31. The highest BCUT2D eigenvalue weighted by Gasteiger charge is 2.21. The van der Waals surface area contributed by atoms with Gasteiger partial charge in [0.15, 0.2) is 0 Å². The first-order valence-corrected chi connectivity index (χ1v) is 7.45. The molecule has 0 aromatic heterocycles. The largest absolute Gasteiger partial charge is 0.355 e. The molecule has 4 heteroatoms. The van der Waals surface area contributed by atoms with E-state index in [1.165, 1.54) is 12.5 Å². The van der Waals surface area contributed by atoms with Crippen LogP contribution in [0.3, 0.4) is 0 Å². The van der Waals surface area contributed by atoms with Crippen molar-refractivity contribution < 1.29 is 9.18 Å². The molecule has 2 nitrogen and oxygen atoms in total. The Morgan fingerprint density at radius 1 is 1.39 bits per heavy atom. The van der Waals surface area contributed by atoms with Crippen LogP contribution in [-0.4, -0.2) is 23.5 Å². The number of benzene rings is 1. The summed E-state index contributed by atoms with van der Waals surface area (Å²) in [7, 11) is 0. The Labute approximate surface area is 111 Å². The van der Waals surface area contributed by atoms with Crippen LogP contribution in [0.25, 0.3) is 0 Å². The summed E-state index contributed by atoms with van der Waals surface area (Å²) >= 11 is 1.73. The van der Waals surface area contributed by atoms with Crippen LogP contribution in [-0.2, 0) is 11.2 Å². The molecule has 1 saturated heterocycles. The number of hydrogen-bond acceptors (Lipinski definition) is 2.